The third-order valence-corrected chi connectivity index (χ3v) is 5.13. The zero-order chi connectivity index (χ0) is 18.6. The summed E-state index contributed by atoms with van der Waals surface area (Å²) in [5.74, 6) is 2.19. The lowest BCUT2D eigenvalue weighted by molar-refractivity contribution is -0.140. The molecule has 1 aliphatic heterocycles. The van der Waals surface area contributed by atoms with Crippen molar-refractivity contribution in [1.82, 2.24) is 9.80 Å². The Bertz CT molecular complexity index is 792. The van der Waals surface area contributed by atoms with E-state index in [1.807, 2.05) is 64.4 Å². The van der Waals surface area contributed by atoms with Gasteiger partial charge in [0, 0.05) is 32.1 Å². The van der Waals surface area contributed by atoms with Gasteiger partial charge in [-0.05, 0) is 42.7 Å². The highest BCUT2D eigenvalue weighted by molar-refractivity contribution is 5.82. The molecular weight excluding hydrogens is 340 g/mol. The summed E-state index contributed by atoms with van der Waals surface area (Å²) < 4.78 is 5.78. The molecule has 1 saturated heterocycles. The fourth-order valence-corrected chi connectivity index (χ4v) is 3.35. The first-order valence-corrected chi connectivity index (χ1v) is 9.57. The van der Waals surface area contributed by atoms with Crippen LogP contribution in [0.4, 0.5) is 0 Å². The largest absolute Gasteiger partial charge is 0.457 e. The molecule has 0 spiro atoms. The molecule has 5 heteroatoms. The van der Waals surface area contributed by atoms with Crippen molar-refractivity contribution in [2.45, 2.75) is 19.3 Å². The van der Waals surface area contributed by atoms with Gasteiger partial charge in [-0.3, -0.25) is 9.59 Å². The van der Waals surface area contributed by atoms with Gasteiger partial charge in [-0.1, -0.05) is 30.3 Å². The number of benzene rings is 2. The maximum Gasteiger partial charge on any atom is 0.227 e. The Labute approximate surface area is 159 Å². The molecule has 0 radical (unpaired) electrons. The minimum absolute atomic E-state index is 0.116. The number of carbonyl (C=O) groups is 2. The van der Waals surface area contributed by atoms with Crippen LogP contribution in [0.5, 0.6) is 11.5 Å². The second kappa shape index (κ2) is 7.82. The van der Waals surface area contributed by atoms with Gasteiger partial charge >= 0.3 is 0 Å². The Balaban J connectivity index is 1.27. The van der Waals surface area contributed by atoms with Crippen LogP contribution in [0.25, 0.3) is 0 Å². The molecule has 0 atom stereocenters. The van der Waals surface area contributed by atoms with E-state index >= 15 is 0 Å². The zero-order valence-electron chi connectivity index (χ0n) is 15.3. The van der Waals surface area contributed by atoms with E-state index in [9.17, 15) is 9.59 Å². The van der Waals surface area contributed by atoms with Crippen LogP contribution in [-0.2, 0) is 16.0 Å². The molecule has 2 aromatic carbocycles. The van der Waals surface area contributed by atoms with Gasteiger partial charge in [-0.15, -0.1) is 0 Å². The van der Waals surface area contributed by atoms with Gasteiger partial charge in [0.1, 0.15) is 11.5 Å². The molecule has 1 heterocycles. The normalized spacial score (nSPS) is 16.9. The number of rotatable bonds is 5. The monoisotopic (exact) mass is 364 g/mol. The number of amides is 2. The van der Waals surface area contributed by atoms with Crippen molar-refractivity contribution in [1.29, 1.82) is 0 Å². The van der Waals surface area contributed by atoms with Gasteiger partial charge in [0.25, 0.3) is 0 Å². The van der Waals surface area contributed by atoms with E-state index in [2.05, 4.69) is 0 Å². The number of carbonyl (C=O) groups excluding carboxylic acids is 2. The average Bonchev–Trinajstić information content (AvgIpc) is 3.55. The maximum absolute atomic E-state index is 12.6. The summed E-state index contributed by atoms with van der Waals surface area (Å²) in [7, 11) is 0. The van der Waals surface area contributed by atoms with Crippen LogP contribution in [-0.4, -0.2) is 47.8 Å². The molecule has 140 valence electrons. The first kappa shape index (κ1) is 17.6. The highest BCUT2D eigenvalue weighted by atomic mass is 16.5. The van der Waals surface area contributed by atoms with Gasteiger partial charge < -0.3 is 14.5 Å². The summed E-state index contributed by atoms with van der Waals surface area (Å²) >= 11 is 0. The van der Waals surface area contributed by atoms with Crippen LogP contribution in [0.3, 0.4) is 0 Å². The summed E-state index contributed by atoms with van der Waals surface area (Å²) in [4.78, 5) is 28.4. The van der Waals surface area contributed by atoms with Crippen LogP contribution in [0, 0.1) is 5.92 Å². The molecule has 5 nitrogen and oxygen atoms in total. The average molecular weight is 364 g/mol. The summed E-state index contributed by atoms with van der Waals surface area (Å²) in [5.41, 5.74) is 0.969. The SMILES string of the molecule is O=C(Cc1ccc(Oc2ccccc2)cc1)N1CCN(C(=O)C2CC2)CC1. The lowest BCUT2D eigenvalue weighted by Crippen LogP contribution is -2.51. The highest BCUT2D eigenvalue weighted by Gasteiger charge is 2.35. The molecule has 27 heavy (non-hydrogen) atoms. The molecule has 4 rings (SSSR count). The van der Waals surface area contributed by atoms with E-state index in [1.165, 1.54) is 0 Å². The summed E-state index contributed by atoms with van der Waals surface area (Å²) in [6.45, 7) is 2.58. The minimum Gasteiger partial charge on any atom is -0.457 e. The second-order valence-electron chi connectivity index (χ2n) is 7.22. The topological polar surface area (TPSA) is 49.9 Å². The van der Waals surface area contributed by atoms with Crippen molar-refractivity contribution in [3.05, 3.63) is 60.2 Å². The van der Waals surface area contributed by atoms with Gasteiger partial charge in [0.05, 0.1) is 6.42 Å². The smallest absolute Gasteiger partial charge is 0.227 e. The predicted molar refractivity (Wildman–Crippen MR) is 103 cm³/mol. The summed E-state index contributed by atoms with van der Waals surface area (Å²) in [6.07, 6.45) is 2.44. The number of ether oxygens (including phenoxy) is 1. The Morgan fingerprint density at radius 2 is 1.41 bits per heavy atom. The molecule has 2 aromatic rings. The first-order valence-electron chi connectivity index (χ1n) is 9.57. The van der Waals surface area contributed by atoms with Crippen LogP contribution < -0.4 is 4.74 Å². The van der Waals surface area contributed by atoms with Gasteiger partial charge in [-0.25, -0.2) is 0 Å². The van der Waals surface area contributed by atoms with Crippen molar-refractivity contribution in [2.24, 2.45) is 5.92 Å². The molecular formula is C22H24N2O3. The third kappa shape index (κ3) is 4.48. The Hall–Kier alpha value is -2.82. The Kier molecular flexibility index (Phi) is 5.10. The fourth-order valence-electron chi connectivity index (χ4n) is 3.35. The Morgan fingerprint density at radius 1 is 0.815 bits per heavy atom. The number of hydrogen-bond donors (Lipinski definition) is 0. The van der Waals surface area contributed by atoms with Crippen molar-refractivity contribution < 1.29 is 14.3 Å². The highest BCUT2D eigenvalue weighted by Crippen LogP contribution is 2.31. The standard InChI is InChI=1S/C22H24N2O3/c25-21(23-12-14-24(15-13-23)22(26)18-8-9-18)16-17-6-10-20(11-7-17)27-19-4-2-1-3-5-19/h1-7,10-11,18H,8-9,12-16H2. The molecule has 0 aromatic heterocycles. The number of para-hydroxylation sites is 1. The van der Waals surface area contributed by atoms with E-state index in [0.717, 1.165) is 29.9 Å². The molecule has 0 unspecified atom stereocenters. The molecule has 0 N–H and O–H groups in total. The summed E-state index contributed by atoms with van der Waals surface area (Å²) in [5, 5.41) is 0. The van der Waals surface area contributed by atoms with Crippen molar-refractivity contribution in [3.63, 3.8) is 0 Å². The quantitative estimate of drug-likeness (QED) is 0.819. The fraction of sp³-hybridized carbons (Fsp3) is 0.364. The van der Waals surface area contributed by atoms with E-state index < -0.39 is 0 Å². The van der Waals surface area contributed by atoms with Gasteiger partial charge in [-0.2, -0.15) is 0 Å². The van der Waals surface area contributed by atoms with Crippen LogP contribution in [0.2, 0.25) is 0 Å². The molecule has 0 bridgehead atoms. The summed E-state index contributed by atoms with van der Waals surface area (Å²) in [6, 6.07) is 17.3. The van der Waals surface area contributed by atoms with E-state index in [1.54, 1.807) is 0 Å². The Morgan fingerprint density at radius 3 is 2.04 bits per heavy atom. The molecule has 1 saturated carbocycles. The van der Waals surface area contributed by atoms with Crippen molar-refractivity contribution in [3.8, 4) is 11.5 Å². The van der Waals surface area contributed by atoms with E-state index in [-0.39, 0.29) is 17.7 Å². The number of nitrogens with zero attached hydrogens (tertiary/aromatic N) is 2. The van der Waals surface area contributed by atoms with Crippen molar-refractivity contribution in [2.75, 3.05) is 26.2 Å². The van der Waals surface area contributed by atoms with Crippen LogP contribution >= 0.6 is 0 Å². The second-order valence-corrected chi connectivity index (χ2v) is 7.22. The maximum atomic E-state index is 12.6. The minimum atomic E-state index is 0.116. The van der Waals surface area contributed by atoms with Gasteiger partial charge in [0.15, 0.2) is 0 Å². The molecule has 2 aliphatic rings. The predicted octanol–water partition coefficient (Wildman–Crippen LogP) is 3.10. The molecule has 2 amide bonds. The van der Waals surface area contributed by atoms with E-state index in [0.29, 0.717) is 32.6 Å². The zero-order valence-corrected chi connectivity index (χ0v) is 15.3. The molecule has 2 fully saturated rings. The molecule has 1 aliphatic carbocycles. The van der Waals surface area contributed by atoms with Crippen molar-refractivity contribution >= 4 is 11.8 Å². The van der Waals surface area contributed by atoms with Gasteiger partial charge in [0.2, 0.25) is 11.8 Å². The van der Waals surface area contributed by atoms with E-state index in [4.69, 9.17) is 4.74 Å². The van der Waals surface area contributed by atoms with Crippen LogP contribution in [0.15, 0.2) is 54.6 Å². The first-order chi connectivity index (χ1) is 13.2. The third-order valence-electron chi connectivity index (χ3n) is 5.13. The lowest BCUT2D eigenvalue weighted by atomic mass is 10.1. The van der Waals surface area contributed by atoms with Crippen LogP contribution in [0.1, 0.15) is 18.4 Å². The number of hydrogen-bond acceptors (Lipinski definition) is 3. The lowest BCUT2D eigenvalue weighted by Gasteiger charge is -2.35. The number of piperazine rings is 1.